The Kier molecular flexibility index (Phi) is 15.0. The predicted octanol–water partition coefficient (Wildman–Crippen LogP) is 3.83. The summed E-state index contributed by atoms with van der Waals surface area (Å²) >= 11 is 0. The van der Waals surface area contributed by atoms with Gasteiger partial charge in [0, 0.05) is 13.1 Å². The topological polar surface area (TPSA) is 72.6 Å². The van der Waals surface area contributed by atoms with Gasteiger partial charge >= 0.3 is 6.09 Å². The predicted molar refractivity (Wildman–Crippen MR) is 95.1 cm³/mol. The van der Waals surface area contributed by atoms with Crippen LogP contribution in [-0.4, -0.2) is 36.1 Å². The number of ether oxygens (including phenoxy) is 1. The van der Waals surface area contributed by atoms with E-state index in [4.69, 9.17) is 9.53 Å². The maximum atomic E-state index is 11.4. The normalized spacial score (nSPS) is 12.3. The number of carbonyl (C=O) groups is 2. The number of nitrogens with two attached hydrogens (primary N) is 1. The van der Waals surface area contributed by atoms with Crippen LogP contribution in [0.4, 0.5) is 4.79 Å². The second-order valence-electron chi connectivity index (χ2n) is 5.47. The Morgan fingerprint density at radius 2 is 1.30 bits per heavy atom. The summed E-state index contributed by atoms with van der Waals surface area (Å²) in [7, 11) is 0. The van der Waals surface area contributed by atoms with Gasteiger partial charge in [-0.05, 0) is 33.6 Å². The van der Waals surface area contributed by atoms with Gasteiger partial charge in [-0.15, -0.1) is 0 Å². The van der Waals surface area contributed by atoms with Gasteiger partial charge in [-0.1, -0.05) is 50.2 Å². The molecule has 1 heterocycles. The van der Waals surface area contributed by atoms with E-state index in [1.165, 1.54) is 0 Å². The zero-order chi connectivity index (χ0) is 18.1. The van der Waals surface area contributed by atoms with Crippen molar-refractivity contribution in [3.63, 3.8) is 0 Å². The van der Waals surface area contributed by atoms with Crippen molar-refractivity contribution in [2.75, 3.05) is 13.1 Å². The number of rotatable bonds is 0. The lowest BCUT2D eigenvalue weighted by Crippen LogP contribution is -2.34. The Hall–Kier alpha value is -2.04. The molecular formula is C18H32N2O3. The van der Waals surface area contributed by atoms with E-state index in [9.17, 15) is 4.79 Å². The molecule has 0 bridgehead atoms. The standard InChI is InChI=1S/C9H17NO2.C6H6.C2H6.CH3NO/c1-9(2,3)12-8(11)10-6-4-5-7-10;1-2-4-6-5-3-1;1-2;2-1-3/h4-7H2,1-3H3;1-6H;1-2H3;1H,(H2,2,3). The molecule has 1 aromatic carbocycles. The number of likely N-dealkylation sites (tertiary alicyclic amines) is 1. The van der Waals surface area contributed by atoms with Crippen molar-refractivity contribution >= 4 is 12.5 Å². The summed E-state index contributed by atoms with van der Waals surface area (Å²) in [4.78, 5) is 21.7. The van der Waals surface area contributed by atoms with Crippen LogP contribution in [0.3, 0.4) is 0 Å². The molecule has 1 aromatic rings. The zero-order valence-corrected chi connectivity index (χ0v) is 15.1. The van der Waals surface area contributed by atoms with Crippen molar-refractivity contribution in [1.82, 2.24) is 4.90 Å². The highest BCUT2D eigenvalue weighted by Crippen LogP contribution is 2.14. The van der Waals surface area contributed by atoms with Gasteiger partial charge in [-0.25, -0.2) is 4.79 Å². The van der Waals surface area contributed by atoms with Crippen LogP contribution < -0.4 is 5.73 Å². The zero-order valence-electron chi connectivity index (χ0n) is 15.1. The summed E-state index contributed by atoms with van der Waals surface area (Å²) in [5.41, 5.74) is 3.81. The smallest absolute Gasteiger partial charge is 0.410 e. The molecule has 0 aliphatic carbocycles. The van der Waals surface area contributed by atoms with Crippen molar-refractivity contribution < 1.29 is 14.3 Å². The van der Waals surface area contributed by atoms with Crippen LogP contribution in [0.15, 0.2) is 36.4 Å². The van der Waals surface area contributed by atoms with Gasteiger partial charge in [-0.2, -0.15) is 0 Å². The summed E-state index contributed by atoms with van der Waals surface area (Å²) < 4.78 is 5.21. The number of hydrogen-bond donors (Lipinski definition) is 1. The number of benzene rings is 1. The van der Waals surface area contributed by atoms with E-state index in [-0.39, 0.29) is 18.1 Å². The second-order valence-corrected chi connectivity index (χ2v) is 5.47. The Labute approximate surface area is 140 Å². The molecule has 0 atom stereocenters. The fraction of sp³-hybridized carbons (Fsp3) is 0.556. The van der Waals surface area contributed by atoms with Crippen LogP contribution in [0, 0.1) is 0 Å². The fourth-order valence-electron chi connectivity index (χ4n) is 1.61. The molecule has 1 fully saturated rings. The highest BCUT2D eigenvalue weighted by Gasteiger charge is 2.23. The third-order valence-electron chi connectivity index (χ3n) is 2.42. The molecule has 2 rings (SSSR count). The maximum absolute atomic E-state index is 11.4. The third kappa shape index (κ3) is 16.2. The number of hydrogen-bond acceptors (Lipinski definition) is 3. The van der Waals surface area contributed by atoms with Crippen LogP contribution in [0.5, 0.6) is 0 Å². The molecule has 1 saturated heterocycles. The maximum Gasteiger partial charge on any atom is 0.410 e. The largest absolute Gasteiger partial charge is 0.444 e. The molecular weight excluding hydrogens is 292 g/mol. The van der Waals surface area contributed by atoms with Crippen molar-refractivity contribution in [2.45, 2.75) is 53.1 Å². The molecule has 2 N–H and O–H groups in total. The number of amides is 2. The van der Waals surface area contributed by atoms with Crippen LogP contribution in [0.1, 0.15) is 47.5 Å². The van der Waals surface area contributed by atoms with E-state index in [0.717, 1.165) is 25.9 Å². The molecule has 1 aliphatic rings. The summed E-state index contributed by atoms with van der Waals surface area (Å²) in [6.07, 6.45) is 2.30. The van der Waals surface area contributed by atoms with Crippen molar-refractivity contribution in [3.05, 3.63) is 36.4 Å². The average molecular weight is 324 g/mol. The third-order valence-corrected chi connectivity index (χ3v) is 2.42. The van der Waals surface area contributed by atoms with Gasteiger partial charge in [0.25, 0.3) is 0 Å². The Morgan fingerprint density at radius 1 is 1.00 bits per heavy atom. The van der Waals surface area contributed by atoms with Crippen LogP contribution in [-0.2, 0) is 9.53 Å². The first-order chi connectivity index (χ1) is 10.9. The van der Waals surface area contributed by atoms with Crippen LogP contribution in [0.2, 0.25) is 0 Å². The van der Waals surface area contributed by atoms with Crippen molar-refractivity contribution in [1.29, 1.82) is 0 Å². The molecule has 0 saturated carbocycles. The van der Waals surface area contributed by atoms with Gasteiger partial charge in [0.2, 0.25) is 6.41 Å². The molecule has 0 radical (unpaired) electrons. The quantitative estimate of drug-likeness (QED) is 0.737. The van der Waals surface area contributed by atoms with E-state index in [1.54, 1.807) is 4.90 Å². The van der Waals surface area contributed by atoms with Crippen LogP contribution >= 0.6 is 0 Å². The summed E-state index contributed by atoms with van der Waals surface area (Å²) in [5, 5.41) is 0. The summed E-state index contributed by atoms with van der Waals surface area (Å²) in [5.74, 6) is 0. The minimum absolute atomic E-state index is 0.167. The first-order valence-electron chi connectivity index (χ1n) is 8.04. The number of primary amides is 1. The van der Waals surface area contributed by atoms with E-state index in [0.29, 0.717) is 0 Å². The van der Waals surface area contributed by atoms with E-state index in [1.807, 2.05) is 71.0 Å². The molecule has 23 heavy (non-hydrogen) atoms. The number of carbonyl (C=O) groups excluding carboxylic acids is 2. The average Bonchev–Trinajstić information content (AvgIpc) is 3.05. The first-order valence-corrected chi connectivity index (χ1v) is 8.04. The lowest BCUT2D eigenvalue weighted by molar-refractivity contribution is -0.106. The highest BCUT2D eigenvalue weighted by atomic mass is 16.6. The molecule has 0 unspecified atom stereocenters. The Bertz CT molecular complexity index is 356. The van der Waals surface area contributed by atoms with E-state index < -0.39 is 0 Å². The van der Waals surface area contributed by atoms with E-state index in [2.05, 4.69) is 5.73 Å². The molecule has 1 aliphatic heterocycles. The first kappa shape index (κ1) is 23.2. The lowest BCUT2D eigenvalue weighted by Gasteiger charge is -2.23. The van der Waals surface area contributed by atoms with Crippen molar-refractivity contribution in [3.8, 4) is 0 Å². The fourth-order valence-corrected chi connectivity index (χ4v) is 1.61. The van der Waals surface area contributed by atoms with Gasteiger partial charge < -0.3 is 15.4 Å². The number of nitrogens with zero attached hydrogens (tertiary/aromatic N) is 1. The molecule has 5 heteroatoms. The van der Waals surface area contributed by atoms with Gasteiger partial charge in [0.1, 0.15) is 5.60 Å². The second kappa shape index (κ2) is 14.9. The Morgan fingerprint density at radius 3 is 1.57 bits per heavy atom. The van der Waals surface area contributed by atoms with Crippen molar-refractivity contribution in [2.24, 2.45) is 5.73 Å². The molecule has 0 aromatic heterocycles. The molecule has 5 nitrogen and oxygen atoms in total. The minimum atomic E-state index is -0.361. The highest BCUT2D eigenvalue weighted by molar-refractivity contribution is 5.68. The van der Waals surface area contributed by atoms with Crippen LogP contribution in [0.25, 0.3) is 0 Å². The van der Waals surface area contributed by atoms with Gasteiger partial charge in [0.05, 0.1) is 0 Å². The monoisotopic (exact) mass is 324 g/mol. The molecule has 2 amide bonds. The van der Waals surface area contributed by atoms with E-state index >= 15 is 0 Å². The van der Waals surface area contributed by atoms with Gasteiger partial charge in [-0.3, -0.25) is 4.79 Å². The molecule has 0 spiro atoms. The van der Waals surface area contributed by atoms with Gasteiger partial charge in [0.15, 0.2) is 0 Å². The minimum Gasteiger partial charge on any atom is -0.444 e. The summed E-state index contributed by atoms with van der Waals surface area (Å²) in [6, 6.07) is 12.0. The lowest BCUT2D eigenvalue weighted by atomic mass is 10.2. The molecule has 132 valence electrons. The SMILES string of the molecule is CC.CC(C)(C)OC(=O)N1CCCC1.NC=O.c1ccccc1. The Balaban J connectivity index is 0. The summed E-state index contributed by atoms with van der Waals surface area (Å²) in [6.45, 7) is 11.4.